The molecule has 0 heterocycles. The van der Waals surface area contributed by atoms with Crippen molar-refractivity contribution in [2.75, 3.05) is 7.11 Å². The summed E-state index contributed by atoms with van der Waals surface area (Å²) in [4.78, 5) is 0. The zero-order valence-corrected chi connectivity index (χ0v) is 18.5. The van der Waals surface area contributed by atoms with Gasteiger partial charge in [0.15, 0.2) is 23.2 Å². The van der Waals surface area contributed by atoms with Gasteiger partial charge >= 0.3 is 0 Å². The molecule has 5 heteroatoms. The summed E-state index contributed by atoms with van der Waals surface area (Å²) < 4.78 is 62.1. The molecular weight excluding hydrogens is 404 g/mol. The van der Waals surface area contributed by atoms with Crippen LogP contribution in [0.5, 0.6) is 5.75 Å². The largest absolute Gasteiger partial charge is 0.494 e. The highest BCUT2D eigenvalue weighted by Gasteiger charge is 2.27. The average Bonchev–Trinajstić information content (AvgIpc) is 2.78. The third-order valence-electron chi connectivity index (χ3n) is 6.70. The van der Waals surface area contributed by atoms with Crippen molar-refractivity contribution in [2.24, 2.45) is 5.92 Å². The quantitative estimate of drug-likeness (QED) is 0.287. The van der Waals surface area contributed by atoms with Crippen molar-refractivity contribution in [1.82, 2.24) is 0 Å². The fourth-order valence-corrected chi connectivity index (χ4v) is 4.72. The Kier molecular flexibility index (Phi) is 8.39. The fraction of sp³-hybridized carbons (Fsp3) is 0.538. The van der Waals surface area contributed by atoms with Crippen LogP contribution >= 0.6 is 0 Å². The molecule has 1 fully saturated rings. The third kappa shape index (κ3) is 5.61. The zero-order valence-electron chi connectivity index (χ0n) is 18.5. The molecule has 31 heavy (non-hydrogen) atoms. The first-order chi connectivity index (χ1) is 15.0. The van der Waals surface area contributed by atoms with Crippen LogP contribution < -0.4 is 4.74 Å². The minimum atomic E-state index is -0.933. The first-order valence-electron chi connectivity index (χ1n) is 11.4. The van der Waals surface area contributed by atoms with E-state index in [1.54, 1.807) is 18.2 Å². The van der Waals surface area contributed by atoms with E-state index in [2.05, 4.69) is 6.92 Å². The van der Waals surface area contributed by atoms with Crippen molar-refractivity contribution >= 4 is 0 Å². The lowest BCUT2D eigenvalue weighted by Crippen LogP contribution is -2.16. The Bertz CT molecular complexity index is 872. The topological polar surface area (TPSA) is 9.23 Å². The van der Waals surface area contributed by atoms with Crippen LogP contribution in [0.25, 0.3) is 0 Å². The lowest BCUT2D eigenvalue weighted by atomic mass is 9.76. The van der Waals surface area contributed by atoms with Crippen molar-refractivity contribution in [3.05, 3.63) is 64.2 Å². The minimum Gasteiger partial charge on any atom is -0.494 e. The maximum absolute atomic E-state index is 14.5. The predicted molar refractivity (Wildman–Crippen MR) is 116 cm³/mol. The van der Waals surface area contributed by atoms with Crippen LogP contribution in [0.2, 0.25) is 0 Å². The van der Waals surface area contributed by atoms with E-state index in [0.717, 1.165) is 51.4 Å². The molecule has 1 nitrogen and oxygen atoms in total. The molecule has 0 atom stereocenters. The maximum Gasteiger partial charge on any atom is 0.200 e. The smallest absolute Gasteiger partial charge is 0.200 e. The summed E-state index contributed by atoms with van der Waals surface area (Å²) in [5, 5.41) is 0. The summed E-state index contributed by atoms with van der Waals surface area (Å²) in [5.41, 5.74) is 1.30. The Morgan fingerprint density at radius 1 is 0.774 bits per heavy atom. The van der Waals surface area contributed by atoms with E-state index in [9.17, 15) is 17.6 Å². The monoisotopic (exact) mass is 436 g/mol. The van der Waals surface area contributed by atoms with Crippen molar-refractivity contribution in [3.63, 3.8) is 0 Å². The van der Waals surface area contributed by atoms with Gasteiger partial charge in [0.1, 0.15) is 0 Å². The van der Waals surface area contributed by atoms with Gasteiger partial charge in [-0.05, 0) is 86.0 Å². The summed E-state index contributed by atoms with van der Waals surface area (Å²) in [6.45, 7) is 2.08. The van der Waals surface area contributed by atoms with Crippen LogP contribution in [-0.2, 0) is 12.8 Å². The summed E-state index contributed by atoms with van der Waals surface area (Å²) in [5.74, 6) is -2.88. The number of halogens is 4. The van der Waals surface area contributed by atoms with Gasteiger partial charge in [0, 0.05) is 0 Å². The van der Waals surface area contributed by atoms with Crippen LogP contribution in [0.4, 0.5) is 17.6 Å². The SMILES string of the molecule is CCCCCc1ccc(CCC2CCC(c3ccc(OC)c(F)c3F)CC2)c(F)c1F. The molecular formula is C26H32F4O. The number of aryl methyl sites for hydroxylation is 2. The number of hydrogen-bond acceptors (Lipinski definition) is 1. The lowest BCUT2D eigenvalue weighted by Gasteiger charge is -2.29. The predicted octanol–water partition coefficient (Wildman–Crippen LogP) is 7.89. The average molecular weight is 437 g/mol. The van der Waals surface area contributed by atoms with E-state index in [0.29, 0.717) is 35.4 Å². The van der Waals surface area contributed by atoms with Gasteiger partial charge in [-0.1, -0.05) is 38.0 Å². The van der Waals surface area contributed by atoms with Gasteiger partial charge < -0.3 is 4.74 Å². The van der Waals surface area contributed by atoms with Crippen LogP contribution in [0.15, 0.2) is 24.3 Å². The van der Waals surface area contributed by atoms with Crippen LogP contribution in [0.3, 0.4) is 0 Å². The van der Waals surface area contributed by atoms with E-state index in [-0.39, 0.29) is 11.7 Å². The van der Waals surface area contributed by atoms with E-state index in [4.69, 9.17) is 4.74 Å². The molecule has 2 aromatic rings. The second-order valence-corrected chi connectivity index (χ2v) is 8.71. The molecule has 1 saturated carbocycles. The van der Waals surface area contributed by atoms with Crippen molar-refractivity contribution < 1.29 is 22.3 Å². The molecule has 0 spiro atoms. The molecule has 0 N–H and O–H groups in total. The molecule has 0 radical (unpaired) electrons. The highest BCUT2D eigenvalue weighted by atomic mass is 19.2. The highest BCUT2D eigenvalue weighted by Crippen LogP contribution is 2.40. The van der Waals surface area contributed by atoms with Gasteiger partial charge in [-0.2, -0.15) is 4.39 Å². The summed E-state index contributed by atoms with van der Waals surface area (Å²) in [6, 6.07) is 6.54. The Hall–Kier alpha value is -2.04. The molecule has 0 saturated heterocycles. The first kappa shape index (κ1) is 23.6. The van der Waals surface area contributed by atoms with Crippen LogP contribution in [0.1, 0.15) is 80.9 Å². The number of ether oxygens (including phenoxy) is 1. The number of benzene rings is 2. The molecule has 0 aromatic heterocycles. The second-order valence-electron chi connectivity index (χ2n) is 8.71. The van der Waals surface area contributed by atoms with Crippen molar-refractivity contribution in [1.29, 1.82) is 0 Å². The number of unbranched alkanes of at least 4 members (excludes halogenated alkanes) is 2. The van der Waals surface area contributed by atoms with E-state index in [1.807, 2.05) is 0 Å². The van der Waals surface area contributed by atoms with Gasteiger partial charge in [-0.15, -0.1) is 0 Å². The van der Waals surface area contributed by atoms with Gasteiger partial charge in [0.2, 0.25) is 5.82 Å². The Labute approximate surface area is 182 Å². The minimum absolute atomic E-state index is 0.0201. The molecule has 1 aliphatic carbocycles. The Morgan fingerprint density at radius 3 is 2.03 bits per heavy atom. The molecule has 0 bridgehead atoms. The Balaban J connectivity index is 1.54. The third-order valence-corrected chi connectivity index (χ3v) is 6.70. The summed E-state index contributed by atoms with van der Waals surface area (Å²) in [7, 11) is 1.32. The standard InChI is InChI=1S/C26H32F4O/c1-3-4-5-6-19-13-14-20(24(28)23(19)27)12-9-17-7-10-18(11-8-17)21-15-16-22(31-2)26(30)25(21)29/h13-18H,3-12H2,1-2H3. The second kappa shape index (κ2) is 11.0. The molecule has 2 aromatic carbocycles. The van der Waals surface area contributed by atoms with Crippen molar-refractivity contribution in [3.8, 4) is 5.75 Å². The molecule has 0 aliphatic heterocycles. The van der Waals surface area contributed by atoms with E-state index < -0.39 is 23.3 Å². The van der Waals surface area contributed by atoms with Crippen LogP contribution in [-0.4, -0.2) is 7.11 Å². The van der Waals surface area contributed by atoms with Gasteiger partial charge in [0.05, 0.1) is 7.11 Å². The molecule has 0 amide bonds. The van der Waals surface area contributed by atoms with Gasteiger partial charge in [0.25, 0.3) is 0 Å². The Morgan fingerprint density at radius 2 is 1.42 bits per heavy atom. The number of hydrogen-bond donors (Lipinski definition) is 0. The zero-order chi connectivity index (χ0) is 22.4. The maximum atomic E-state index is 14.5. The van der Waals surface area contributed by atoms with Crippen molar-refractivity contribution in [2.45, 2.75) is 77.0 Å². The molecule has 0 unspecified atom stereocenters. The number of methoxy groups -OCH3 is 1. The molecule has 170 valence electrons. The molecule has 1 aliphatic rings. The molecule has 3 rings (SSSR count). The first-order valence-corrected chi connectivity index (χ1v) is 11.4. The van der Waals surface area contributed by atoms with E-state index in [1.165, 1.54) is 13.2 Å². The highest BCUT2D eigenvalue weighted by molar-refractivity contribution is 5.33. The summed E-state index contributed by atoms with van der Waals surface area (Å²) in [6.07, 6.45) is 8.05. The summed E-state index contributed by atoms with van der Waals surface area (Å²) >= 11 is 0. The normalized spacial score (nSPS) is 18.9. The number of rotatable bonds is 9. The van der Waals surface area contributed by atoms with Gasteiger partial charge in [-0.25, -0.2) is 13.2 Å². The van der Waals surface area contributed by atoms with Gasteiger partial charge in [-0.3, -0.25) is 0 Å². The van der Waals surface area contributed by atoms with E-state index >= 15 is 0 Å². The fourth-order valence-electron chi connectivity index (χ4n) is 4.72. The van der Waals surface area contributed by atoms with Crippen LogP contribution in [0, 0.1) is 29.2 Å². The lowest BCUT2D eigenvalue weighted by molar-refractivity contribution is 0.301.